The summed E-state index contributed by atoms with van der Waals surface area (Å²) in [5.74, 6) is -0.930. The molecule has 5 aromatic heterocycles. The Hall–Kier alpha value is -7.17. The minimum Gasteiger partial charge on any atom is -0.436 e. The number of rotatable bonds is 10. The number of benzene rings is 2. The van der Waals surface area contributed by atoms with Crippen molar-refractivity contribution in [3.05, 3.63) is 127 Å². The van der Waals surface area contributed by atoms with E-state index in [4.69, 9.17) is 4.42 Å². The summed E-state index contributed by atoms with van der Waals surface area (Å²) >= 11 is 0. The van der Waals surface area contributed by atoms with Crippen LogP contribution in [0.1, 0.15) is 49.3 Å². The largest absolute Gasteiger partial charge is 0.436 e. The molecule has 0 spiro atoms. The van der Waals surface area contributed by atoms with Crippen LogP contribution in [0.15, 0.2) is 120 Å². The quantitative estimate of drug-likeness (QED) is 0.151. The summed E-state index contributed by atoms with van der Waals surface area (Å²) in [5.41, 5.74) is 4.35. The molecule has 4 N–H and O–H groups in total. The van der Waals surface area contributed by atoms with Crippen LogP contribution in [-0.2, 0) is 19.2 Å². The Bertz CT molecular complexity index is 2510. The number of aliphatic hydroxyl groups is 2. The number of imidazole rings is 2. The zero-order chi connectivity index (χ0) is 40.6. The maximum Gasteiger partial charge on any atom is 0.258 e. The number of nitrogens with one attached hydrogen (secondary N) is 2. The molecule has 2 aromatic carbocycles. The number of oxazole rings is 1. The van der Waals surface area contributed by atoms with Crippen molar-refractivity contribution >= 4 is 46.3 Å². The number of carbonyl (C=O) groups is 4. The number of fused-ring (bicyclic) bond motifs is 2. The Morgan fingerprint density at radius 3 is 1.58 bits per heavy atom. The van der Waals surface area contributed by atoms with Gasteiger partial charge in [0.2, 0.25) is 17.7 Å². The van der Waals surface area contributed by atoms with Gasteiger partial charge in [-0.2, -0.15) is 0 Å². The van der Waals surface area contributed by atoms with Crippen molar-refractivity contribution in [3.63, 3.8) is 0 Å². The second-order valence-corrected chi connectivity index (χ2v) is 14.6. The van der Waals surface area contributed by atoms with Crippen LogP contribution in [0.3, 0.4) is 0 Å². The second kappa shape index (κ2) is 15.6. The van der Waals surface area contributed by atoms with Crippen LogP contribution < -0.4 is 10.6 Å². The standard InChI is InChI=1S/C43H39N9O7/c53-37(32-23-44-35-9-1-3-19-49(32)35)42(57)51-21-5-7-30(51)39(55)47-28-15-11-26(12-16-28)34-25-46-41(59-34)27-13-17-29(18-14-27)48-40(56)31-8-6-22-52(31)43(58)38(54)33-24-45-36-10-2-4-20-50(33)36/h1-4,9-20,23-25,30-31,37-38,53-54H,5-8,21-22H2,(H,47,55)(H,48,56)/t30-,31-,37?,38?/m0/s1. The molecule has 0 bridgehead atoms. The molecule has 2 saturated heterocycles. The van der Waals surface area contributed by atoms with Gasteiger partial charge in [0.25, 0.3) is 11.8 Å². The summed E-state index contributed by atoms with van der Waals surface area (Å²) in [7, 11) is 0. The zero-order valence-corrected chi connectivity index (χ0v) is 31.6. The highest BCUT2D eigenvalue weighted by molar-refractivity contribution is 5.99. The van der Waals surface area contributed by atoms with Crippen LogP contribution in [0.5, 0.6) is 0 Å². The Labute approximate surface area is 336 Å². The summed E-state index contributed by atoms with van der Waals surface area (Å²) < 4.78 is 9.38. The van der Waals surface area contributed by atoms with E-state index in [-0.39, 0.29) is 11.8 Å². The lowest BCUT2D eigenvalue weighted by Crippen LogP contribution is -2.45. The topological polar surface area (TPSA) is 200 Å². The summed E-state index contributed by atoms with van der Waals surface area (Å²) in [6.07, 6.45) is 7.27. The third kappa shape index (κ3) is 7.19. The molecule has 7 heterocycles. The highest BCUT2D eigenvalue weighted by Crippen LogP contribution is 2.30. The van der Waals surface area contributed by atoms with Gasteiger partial charge in [0.05, 0.1) is 30.0 Å². The maximum atomic E-state index is 13.4. The molecule has 59 heavy (non-hydrogen) atoms. The minimum absolute atomic E-state index is 0.337. The van der Waals surface area contributed by atoms with Crippen molar-refractivity contribution in [2.45, 2.75) is 50.0 Å². The lowest BCUT2D eigenvalue weighted by Gasteiger charge is -2.26. The lowest BCUT2D eigenvalue weighted by molar-refractivity contribution is -0.144. The van der Waals surface area contributed by atoms with Gasteiger partial charge in [0, 0.05) is 48.0 Å². The third-order valence-electron chi connectivity index (χ3n) is 10.9. The number of pyridine rings is 2. The molecule has 0 radical (unpaired) electrons. The fraction of sp³-hybridized carbons (Fsp3) is 0.233. The lowest BCUT2D eigenvalue weighted by atomic mass is 10.1. The van der Waals surface area contributed by atoms with Crippen molar-refractivity contribution in [2.24, 2.45) is 0 Å². The van der Waals surface area contributed by atoms with Crippen molar-refractivity contribution in [2.75, 3.05) is 23.7 Å². The molecule has 2 aliphatic rings. The third-order valence-corrected chi connectivity index (χ3v) is 10.9. The fourth-order valence-corrected chi connectivity index (χ4v) is 7.89. The van der Waals surface area contributed by atoms with Gasteiger partial charge in [0.15, 0.2) is 18.0 Å². The van der Waals surface area contributed by atoms with Gasteiger partial charge in [-0.05, 0) is 98.5 Å². The number of amides is 4. The molecule has 0 saturated carbocycles. The minimum atomic E-state index is -1.46. The average molecular weight is 794 g/mol. The maximum absolute atomic E-state index is 13.4. The van der Waals surface area contributed by atoms with E-state index in [9.17, 15) is 29.4 Å². The Balaban J connectivity index is 0.799. The van der Waals surface area contributed by atoms with E-state index in [1.54, 1.807) is 100 Å². The van der Waals surface area contributed by atoms with Gasteiger partial charge < -0.3 is 43.9 Å². The average Bonchev–Trinajstić information content (AvgIpc) is 4.12. The van der Waals surface area contributed by atoms with E-state index < -0.39 is 36.1 Å². The van der Waals surface area contributed by atoms with Gasteiger partial charge in [-0.3, -0.25) is 19.2 Å². The van der Waals surface area contributed by atoms with Crippen LogP contribution >= 0.6 is 0 Å². The van der Waals surface area contributed by atoms with E-state index in [0.29, 0.717) is 90.0 Å². The normalized spacial score (nSPS) is 17.7. The van der Waals surface area contributed by atoms with E-state index >= 15 is 0 Å². The number of anilines is 2. The van der Waals surface area contributed by atoms with E-state index in [2.05, 4.69) is 25.6 Å². The van der Waals surface area contributed by atoms with Gasteiger partial charge in [-0.1, -0.05) is 12.1 Å². The van der Waals surface area contributed by atoms with Crippen molar-refractivity contribution in [3.8, 4) is 22.8 Å². The summed E-state index contributed by atoms with van der Waals surface area (Å²) in [5, 5.41) is 27.7. The number of aliphatic hydroxyl groups excluding tert-OH is 2. The van der Waals surface area contributed by atoms with Crippen LogP contribution in [0.2, 0.25) is 0 Å². The van der Waals surface area contributed by atoms with Gasteiger partial charge in [-0.25, -0.2) is 15.0 Å². The second-order valence-electron chi connectivity index (χ2n) is 14.6. The fourth-order valence-electron chi connectivity index (χ4n) is 7.89. The molecule has 9 rings (SSSR count). The number of hydrogen-bond acceptors (Lipinski definition) is 10. The molecule has 2 unspecified atom stereocenters. The van der Waals surface area contributed by atoms with Crippen molar-refractivity contribution < 1.29 is 33.8 Å². The smallest absolute Gasteiger partial charge is 0.258 e. The molecular formula is C43H39N9O7. The summed E-state index contributed by atoms with van der Waals surface area (Å²) in [4.78, 5) is 69.3. The SMILES string of the molecule is O=C(Nc1ccc(-c2cnc(-c3ccc(NC(=O)[C@@H]4CCCN4C(=O)C(O)c4cnc5ccccn45)cc3)o2)cc1)[C@@H]1CCCN1C(=O)C(O)c1cnc2ccccn12. The molecule has 4 amide bonds. The molecule has 16 heteroatoms. The van der Waals surface area contributed by atoms with Crippen LogP contribution in [-0.4, -0.2) is 92.6 Å². The van der Waals surface area contributed by atoms with Crippen molar-refractivity contribution in [1.29, 1.82) is 0 Å². The predicted octanol–water partition coefficient (Wildman–Crippen LogP) is 4.63. The summed E-state index contributed by atoms with van der Waals surface area (Å²) in [6, 6.07) is 23.3. The Morgan fingerprint density at radius 1 is 0.610 bits per heavy atom. The summed E-state index contributed by atoms with van der Waals surface area (Å²) in [6.45, 7) is 0.709. The predicted molar refractivity (Wildman–Crippen MR) is 214 cm³/mol. The van der Waals surface area contributed by atoms with E-state index in [0.717, 1.165) is 5.56 Å². The first-order valence-electron chi connectivity index (χ1n) is 19.3. The molecule has 4 atom stereocenters. The number of carbonyl (C=O) groups excluding carboxylic acids is 4. The molecule has 298 valence electrons. The highest BCUT2D eigenvalue weighted by atomic mass is 16.4. The van der Waals surface area contributed by atoms with Gasteiger partial charge in [-0.15, -0.1) is 0 Å². The number of likely N-dealkylation sites (tertiary alicyclic amines) is 2. The molecule has 16 nitrogen and oxygen atoms in total. The first-order valence-corrected chi connectivity index (χ1v) is 19.3. The molecule has 0 aliphatic carbocycles. The Morgan fingerprint density at radius 2 is 1.08 bits per heavy atom. The monoisotopic (exact) mass is 793 g/mol. The van der Waals surface area contributed by atoms with E-state index in [1.807, 2.05) is 12.1 Å². The first kappa shape index (κ1) is 37.4. The van der Waals surface area contributed by atoms with Crippen LogP contribution in [0, 0.1) is 0 Å². The number of hydrogen-bond donors (Lipinski definition) is 4. The van der Waals surface area contributed by atoms with Gasteiger partial charge in [0.1, 0.15) is 23.4 Å². The van der Waals surface area contributed by atoms with E-state index in [1.165, 1.54) is 22.2 Å². The molecule has 2 fully saturated rings. The first-order chi connectivity index (χ1) is 28.7. The van der Waals surface area contributed by atoms with Crippen LogP contribution in [0.4, 0.5) is 11.4 Å². The van der Waals surface area contributed by atoms with Crippen LogP contribution in [0.25, 0.3) is 34.1 Å². The Kier molecular flexibility index (Phi) is 9.92. The zero-order valence-electron chi connectivity index (χ0n) is 31.6. The number of aromatic nitrogens is 5. The molecular weight excluding hydrogens is 755 g/mol. The molecule has 2 aliphatic heterocycles. The highest BCUT2D eigenvalue weighted by Gasteiger charge is 2.39. The molecule has 7 aromatic rings. The number of nitrogens with zero attached hydrogens (tertiary/aromatic N) is 7. The van der Waals surface area contributed by atoms with Gasteiger partial charge >= 0.3 is 0 Å². The van der Waals surface area contributed by atoms with Crippen molar-refractivity contribution in [1.82, 2.24) is 33.6 Å².